The van der Waals surface area contributed by atoms with Gasteiger partial charge in [-0.15, -0.1) is 0 Å². The average Bonchev–Trinajstić information content (AvgIpc) is 2.68. The maximum Gasteiger partial charge on any atom is 0.0488 e. The van der Waals surface area contributed by atoms with Crippen molar-refractivity contribution in [3.8, 4) is 0 Å². The minimum absolute atomic E-state index is 0.975. The van der Waals surface area contributed by atoms with E-state index < -0.39 is 0 Å². The highest BCUT2D eigenvalue weighted by molar-refractivity contribution is 6.03. The summed E-state index contributed by atoms with van der Waals surface area (Å²) in [7, 11) is 2.17. The van der Waals surface area contributed by atoms with Gasteiger partial charge in [-0.25, -0.2) is 0 Å². The summed E-state index contributed by atoms with van der Waals surface area (Å²) in [6.07, 6.45) is 7.64. The number of benzene rings is 3. The summed E-state index contributed by atoms with van der Waals surface area (Å²) in [6, 6.07) is 24.1. The Hall–Kier alpha value is -3.06. The zero-order valence-corrected chi connectivity index (χ0v) is 14.2. The normalized spacial score (nSPS) is 15.9. The van der Waals surface area contributed by atoms with Gasteiger partial charge in [0.15, 0.2) is 0 Å². The van der Waals surface area contributed by atoms with Crippen molar-refractivity contribution < 1.29 is 0 Å². The van der Waals surface area contributed by atoms with E-state index in [0.717, 1.165) is 6.42 Å². The molecule has 3 aromatic carbocycles. The highest BCUT2D eigenvalue weighted by Gasteiger charge is 2.27. The number of likely N-dealkylation sites (N-methyl/N-ethyl adjacent to an activating group) is 1. The van der Waals surface area contributed by atoms with Gasteiger partial charge >= 0.3 is 0 Å². The molecule has 0 atom stereocenters. The molecule has 25 heavy (non-hydrogen) atoms. The lowest BCUT2D eigenvalue weighted by atomic mass is 9.82. The molecule has 0 saturated carbocycles. The zero-order valence-electron chi connectivity index (χ0n) is 14.2. The van der Waals surface area contributed by atoms with Crippen LogP contribution in [0, 0.1) is 0 Å². The fraction of sp³-hybridized carbons (Fsp3) is 0.0833. The van der Waals surface area contributed by atoms with Crippen LogP contribution in [0.2, 0.25) is 0 Å². The van der Waals surface area contributed by atoms with E-state index in [1.54, 1.807) is 0 Å². The summed E-state index contributed by atoms with van der Waals surface area (Å²) in [5, 5.41) is 2.61. The van der Waals surface area contributed by atoms with Crippen molar-refractivity contribution in [2.24, 2.45) is 0 Å². The molecule has 1 nitrogen and oxygen atoms in total. The van der Waals surface area contributed by atoms with E-state index in [0.29, 0.717) is 0 Å². The van der Waals surface area contributed by atoms with Gasteiger partial charge in [-0.05, 0) is 46.0 Å². The van der Waals surface area contributed by atoms with Crippen molar-refractivity contribution in [3.05, 3.63) is 107 Å². The Labute approximate surface area is 148 Å². The predicted molar refractivity (Wildman–Crippen MR) is 107 cm³/mol. The van der Waals surface area contributed by atoms with Gasteiger partial charge < -0.3 is 4.90 Å². The Kier molecular flexibility index (Phi) is 3.14. The molecule has 120 valence electrons. The number of rotatable bonds is 1. The van der Waals surface area contributed by atoms with Gasteiger partial charge in [-0.1, -0.05) is 72.8 Å². The van der Waals surface area contributed by atoms with Crippen LogP contribution in [0.1, 0.15) is 17.5 Å². The monoisotopic (exact) mass is 321 g/mol. The van der Waals surface area contributed by atoms with E-state index in [9.17, 15) is 0 Å². The number of hydrogen-bond donors (Lipinski definition) is 0. The van der Waals surface area contributed by atoms with E-state index in [2.05, 4.69) is 96.9 Å². The van der Waals surface area contributed by atoms with Gasteiger partial charge in [0.1, 0.15) is 0 Å². The van der Waals surface area contributed by atoms with Crippen LogP contribution < -0.4 is 4.90 Å². The number of fused-ring (bicyclic) bond motifs is 3. The van der Waals surface area contributed by atoms with Crippen molar-refractivity contribution in [3.63, 3.8) is 0 Å². The van der Waals surface area contributed by atoms with Crippen molar-refractivity contribution in [1.82, 2.24) is 0 Å². The second kappa shape index (κ2) is 5.49. The molecular weight excluding hydrogens is 302 g/mol. The Bertz CT molecular complexity index is 1080. The first-order valence-electron chi connectivity index (χ1n) is 8.76. The maximum atomic E-state index is 2.32. The van der Waals surface area contributed by atoms with E-state index in [1.807, 2.05) is 0 Å². The minimum atomic E-state index is 0.975. The summed E-state index contributed by atoms with van der Waals surface area (Å²) < 4.78 is 0. The van der Waals surface area contributed by atoms with Crippen LogP contribution in [-0.2, 0) is 0 Å². The number of allylic oxidation sites excluding steroid dienone is 4. The van der Waals surface area contributed by atoms with Crippen molar-refractivity contribution in [1.29, 1.82) is 0 Å². The third-order valence-electron chi connectivity index (χ3n) is 5.28. The van der Waals surface area contributed by atoms with Crippen LogP contribution in [0.3, 0.4) is 0 Å². The summed E-state index contributed by atoms with van der Waals surface area (Å²) in [4.78, 5) is 2.32. The van der Waals surface area contributed by atoms with Crippen LogP contribution in [0.25, 0.3) is 16.3 Å². The molecule has 2 aliphatic rings. The lowest BCUT2D eigenvalue weighted by Gasteiger charge is -2.35. The summed E-state index contributed by atoms with van der Waals surface area (Å²) >= 11 is 0. The quantitative estimate of drug-likeness (QED) is 0.536. The van der Waals surface area contributed by atoms with Crippen molar-refractivity contribution >= 4 is 22.0 Å². The highest BCUT2D eigenvalue weighted by Crippen LogP contribution is 2.46. The van der Waals surface area contributed by atoms with Crippen LogP contribution in [-0.4, -0.2) is 7.05 Å². The third kappa shape index (κ3) is 2.09. The first-order chi connectivity index (χ1) is 12.3. The van der Waals surface area contributed by atoms with Gasteiger partial charge in [0.2, 0.25) is 0 Å². The van der Waals surface area contributed by atoms with E-state index in [1.165, 1.54) is 44.4 Å². The molecular formula is C24H19N. The Morgan fingerprint density at radius 3 is 2.52 bits per heavy atom. The molecule has 0 spiro atoms. The lowest BCUT2D eigenvalue weighted by Crippen LogP contribution is -2.25. The molecule has 0 aromatic heterocycles. The standard InChI is InChI=1S/C24H19N/c1-25-22-15-6-4-12-20(22)24(21-13-5-7-16-23(21)25)19-14-8-10-17-9-2-3-11-18(17)19/h2-12,14-16H,13H2,1H3. The van der Waals surface area contributed by atoms with Gasteiger partial charge in [0.25, 0.3) is 0 Å². The van der Waals surface area contributed by atoms with Crippen LogP contribution in [0.5, 0.6) is 0 Å². The summed E-state index contributed by atoms with van der Waals surface area (Å²) in [6.45, 7) is 0. The Morgan fingerprint density at radius 1 is 0.800 bits per heavy atom. The molecule has 5 rings (SSSR count). The minimum Gasteiger partial charge on any atom is -0.344 e. The maximum absolute atomic E-state index is 2.32. The van der Waals surface area contributed by atoms with Gasteiger partial charge in [0.05, 0.1) is 0 Å². The molecule has 0 N–H and O–H groups in total. The smallest absolute Gasteiger partial charge is 0.0488 e. The Morgan fingerprint density at radius 2 is 1.56 bits per heavy atom. The van der Waals surface area contributed by atoms with E-state index in [-0.39, 0.29) is 0 Å². The fourth-order valence-electron chi connectivity index (χ4n) is 4.12. The van der Waals surface area contributed by atoms with Crippen LogP contribution in [0.4, 0.5) is 5.69 Å². The molecule has 1 heterocycles. The van der Waals surface area contributed by atoms with Crippen LogP contribution >= 0.6 is 0 Å². The molecule has 1 aliphatic carbocycles. The molecule has 0 fully saturated rings. The SMILES string of the molecule is CN1C2=CC=CCC2=C(c2cccc3ccccc23)c2ccccc21. The highest BCUT2D eigenvalue weighted by atomic mass is 15.1. The predicted octanol–water partition coefficient (Wildman–Crippen LogP) is 5.94. The van der Waals surface area contributed by atoms with Crippen LogP contribution in [0.15, 0.2) is 96.2 Å². The molecule has 1 heteroatoms. The van der Waals surface area contributed by atoms with E-state index in [4.69, 9.17) is 0 Å². The molecule has 0 amide bonds. The zero-order chi connectivity index (χ0) is 16.8. The second-order valence-electron chi connectivity index (χ2n) is 6.64. The first kappa shape index (κ1) is 14.3. The Balaban J connectivity index is 1.90. The summed E-state index contributed by atoms with van der Waals surface area (Å²) in [5.74, 6) is 0. The third-order valence-corrected chi connectivity index (χ3v) is 5.28. The molecule has 1 aliphatic heterocycles. The van der Waals surface area contributed by atoms with E-state index >= 15 is 0 Å². The first-order valence-corrected chi connectivity index (χ1v) is 8.76. The second-order valence-corrected chi connectivity index (χ2v) is 6.64. The number of hydrogen-bond acceptors (Lipinski definition) is 1. The molecule has 0 bridgehead atoms. The largest absolute Gasteiger partial charge is 0.344 e. The molecule has 0 radical (unpaired) electrons. The number of nitrogens with zero attached hydrogens (tertiary/aromatic N) is 1. The topological polar surface area (TPSA) is 3.24 Å². The fourth-order valence-corrected chi connectivity index (χ4v) is 4.12. The molecule has 0 saturated heterocycles. The molecule has 3 aromatic rings. The van der Waals surface area contributed by atoms with Gasteiger partial charge in [0, 0.05) is 24.0 Å². The van der Waals surface area contributed by atoms with Crippen molar-refractivity contribution in [2.45, 2.75) is 6.42 Å². The average molecular weight is 321 g/mol. The van der Waals surface area contributed by atoms with Gasteiger partial charge in [-0.2, -0.15) is 0 Å². The number of anilines is 1. The lowest BCUT2D eigenvalue weighted by molar-refractivity contribution is 1.03. The number of para-hydroxylation sites is 1. The summed E-state index contributed by atoms with van der Waals surface area (Å²) in [5.41, 5.74) is 8.03. The molecule has 0 unspecified atom stereocenters. The van der Waals surface area contributed by atoms with Crippen molar-refractivity contribution in [2.75, 3.05) is 11.9 Å². The van der Waals surface area contributed by atoms with Gasteiger partial charge in [-0.3, -0.25) is 0 Å².